The highest BCUT2D eigenvalue weighted by molar-refractivity contribution is 6.23. The molecular formula is C43H47N7O7. The first kappa shape index (κ1) is 38.2. The molecule has 296 valence electrons. The number of carbonyl (C=O) groups is 3. The number of fused-ring (bicyclic) bond motifs is 4. The van der Waals surface area contributed by atoms with Gasteiger partial charge in [0.2, 0.25) is 11.8 Å². The van der Waals surface area contributed by atoms with Crippen molar-refractivity contribution in [2.24, 2.45) is 7.05 Å². The number of allylic oxidation sites excluding steroid dienone is 1. The van der Waals surface area contributed by atoms with Crippen molar-refractivity contribution in [3.8, 4) is 22.8 Å². The third kappa shape index (κ3) is 8.40. The highest BCUT2D eigenvalue weighted by Gasteiger charge is 2.44. The van der Waals surface area contributed by atoms with E-state index in [-0.39, 0.29) is 17.7 Å². The zero-order chi connectivity index (χ0) is 39.3. The van der Waals surface area contributed by atoms with Crippen molar-refractivity contribution in [3.05, 3.63) is 96.6 Å². The summed E-state index contributed by atoms with van der Waals surface area (Å²) < 4.78 is 25.4. The van der Waals surface area contributed by atoms with E-state index in [4.69, 9.17) is 18.9 Å². The lowest BCUT2D eigenvalue weighted by atomic mass is 10.0. The van der Waals surface area contributed by atoms with Crippen LogP contribution in [-0.2, 0) is 21.3 Å². The number of pyridine rings is 2. The Hall–Kier alpha value is -5.67. The molecule has 3 aliphatic heterocycles. The van der Waals surface area contributed by atoms with Gasteiger partial charge in [-0.1, -0.05) is 18.7 Å². The number of rotatable bonds is 16. The topological polar surface area (TPSA) is 141 Å². The van der Waals surface area contributed by atoms with Crippen LogP contribution in [0.2, 0.25) is 0 Å². The van der Waals surface area contributed by atoms with Gasteiger partial charge in [0, 0.05) is 98.5 Å². The summed E-state index contributed by atoms with van der Waals surface area (Å²) in [7, 11) is 2.09. The van der Waals surface area contributed by atoms with Crippen LogP contribution < -0.4 is 14.8 Å². The minimum atomic E-state index is -0.845. The fourth-order valence-electron chi connectivity index (χ4n) is 7.74. The van der Waals surface area contributed by atoms with Gasteiger partial charge in [-0.15, -0.1) is 0 Å². The molecule has 14 heteroatoms. The van der Waals surface area contributed by atoms with Gasteiger partial charge in [-0.25, -0.2) is 4.98 Å². The van der Waals surface area contributed by atoms with E-state index in [1.165, 1.54) is 16.4 Å². The van der Waals surface area contributed by atoms with Gasteiger partial charge in [-0.2, -0.15) is 0 Å². The van der Waals surface area contributed by atoms with Gasteiger partial charge in [0.05, 0.1) is 43.1 Å². The number of imide groups is 1. The molecule has 1 N–H and O–H groups in total. The molecule has 0 aliphatic carbocycles. The first-order valence-electron chi connectivity index (χ1n) is 19.5. The third-order valence-corrected chi connectivity index (χ3v) is 10.9. The summed E-state index contributed by atoms with van der Waals surface area (Å²) in [5, 5.41) is 4.99. The fourth-order valence-corrected chi connectivity index (χ4v) is 7.74. The Kier molecular flexibility index (Phi) is 11.5. The Morgan fingerprint density at radius 1 is 0.737 bits per heavy atom. The van der Waals surface area contributed by atoms with Crippen molar-refractivity contribution in [3.63, 3.8) is 0 Å². The molecule has 3 aliphatic rings. The van der Waals surface area contributed by atoms with Gasteiger partial charge >= 0.3 is 0 Å². The maximum Gasteiger partial charge on any atom is 0.262 e. The Morgan fingerprint density at radius 3 is 2.25 bits per heavy atom. The number of benzene rings is 2. The normalized spacial score (nSPS) is 17.8. The molecule has 0 radical (unpaired) electrons. The molecule has 3 aromatic heterocycles. The average molecular weight is 774 g/mol. The number of nitrogens with zero attached hydrogens (tertiary/aromatic N) is 6. The van der Waals surface area contributed by atoms with E-state index >= 15 is 0 Å². The first-order chi connectivity index (χ1) is 27.8. The van der Waals surface area contributed by atoms with Crippen molar-refractivity contribution in [1.29, 1.82) is 0 Å². The molecule has 2 saturated heterocycles. The van der Waals surface area contributed by atoms with Gasteiger partial charge in [-0.05, 0) is 54.8 Å². The monoisotopic (exact) mass is 773 g/mol. The van der Waals surface area contributed by atoms with Gasteiger partial charge in [0.1, 0.15) is 25.0 Å². The van der Waals surface area contributed by atoms with E-state index in [1.54, 1.807) is 18.2 Å². The molecule has 2 fully saturated rings. The smallest absolute Gasteiger partial charge is 0.262 e. The second kappa shape index (κ2) is 17.2. The lowest BCUT2D eigenvalue weighted by Gasteiger charge is -2.34. The fraction of sp³-hybridized carbons (Fsp3) is 0.372. The van der Waals surface area contributed by atoms with Gasteiger partial charge in [0.25, 0.3) is 11.8 Å². The summed E-state index contributed by atoms with van der Waals surface area (Å²) in [6.45, 7) is 12.2. The first-order valence-corrected chi connectivity index (χ1v) is 19.5. The number of piperazine rings is 1. The summed E-state index contributed by atoms with van der Waals surface area (Å²) in [6.07, 6.45) is 6.50. The highest BCUT2D eigenvalue weighted by atomic mass is 16.5. The lowest BCUT2D eigenvalue weighted by Crippen LogP contribution is -2.51. The van der Waals surface area contributed by atoms with Crippen LogP contribution in [-0.4, -0.2) is 132 Å². The van der Waals surface area contributed by atoms with Gasteiger partial charge in [0.15, 0.2) is 0 Å². The van der Waals surface area contributed by atoms with Crippen LogP contribution in [0.25, 0.3) is 32.9 Å². The van der Waals surface area contributed by atoms with Crippen LogP contribution in [0, 0.1) is 0 Å². The van der Waals surface area contributed by atoms with Crippen molar-refractivity contribution in [2.45, 2.75) is 18.9 Å². The molecule has 2 aromatic carbocycles. The van der Waals surface area contributed by atoms with E-state index < -0.39 is 23.8 Å². The molecule has 0 bridgehead atoms. The predicted molar refractivity (Wildman–Crippen MR) is 214 cm³/mol. The number of piperidine rings is 1. The van der Waals surface area contributed by atoms with E-state index in [9.17, 15) is 14.4 Å². The minimum Gasteiger partial charge on any atom is -0.491 e. The highest BCUT2D eigenvalue weighted by Crippen LogP contribution is 2.32. The maximum absolute atomic E-state index is 13.1. The second-order valence-electron chi connectivity index (χ2n) is 14.5. The number of aryl methyl sites for hydroxylation is 1. The molecule has 8 rings (SSSR count). The predicted octanol–water partition coefficient (Wildman–Crippen LogP) is 4.29. The van der Waals surface area contributed by atoms with E-state index in [2.05, 4.69) is 67.5 Å². The number of hydrogen-bond donors (Lipinski definition) is 1. The summed E-state index contributed by atoms with van der Waals surface area (Å²) in [6, 6.07) is 16.5. The molecule has 5 aromatic rings. The molecule has 1 atom stereocenters. The molecule has 3 amide bonds. The zero-order valence-electron chi connectivity index (χ0n) is 32.2. The van der Waals surface area contributed by atoms with E-state index in [1.807, 2.05) is 30.7 Å². The maximum atomic E-state index is 13.1. The van der Waals surface area contributed by atoms with Gasteiger partial charge < -0.3 is 28.8 Å². The van der Waals surface area contributed by atoms with Gasteiger partial charge in [-0.3, -0.25) is 34.1 Å². The van der Waals surface area contributed by atoms with Crippen LogP contribution in [0.1, 0.15) is 33.6 Å². The van der Waals surface area contributed by atoms with Crippen LogP contribution in [0.3, 0.4) is 0 Å². The Bertz CT molecular complexity index is 2280. The number of carbonyl (C=O) groups excluding carboxylic acids is 3. The summed E-state index contributed by atoms with van der Waals surface area (Å²) in [5.74, 6) is -0.264. The number of ether oxygens (including phenoxy) is 4. The van der Waals surface area contributed by atoms with Crippen molar-refractivity contribution < 1.29 is 33.3 Å². The Morgan fingerprint density at radius 2 is 1.47 bits per heavy atom. The van der Waals surface area contributed by atoms with Crippen molar-refractivity contribution in [2.75, 3.05) is 78.9 Å². The molecular weight excluding hydrogens is 727 g/mol. The molecule has 1 unspecified atom stereocenters. The van der Waals surface area contributed by atoms with Crippen LogP contribution >= 0.6 is 0 Å². The standard InChI is InChI=1S/C43H47N7O7/c1-29-3-9-38(41(51)46-29)50-42(52)34-8-6-32(26-35(34)43(50)53)56-24-23-55-22-21-54-19-17-48-13-15-49(16-14-48)18-20-57-40-10-5-31(27-45-40)30-4-7-33-36-28-44-12-11-37(36)47(2)39(33)25-30/h4-8,10-12,25-28,38H,1,3,9,13-24H2,2H3,(H,46,51). The quantitative estimate of drug-likeness (QED) is 0.114. The Balaban J connectivity index is 0.668. The third-order valence-electron chi connectivity index (χ3n) is 10.9. The largest absolute Gasteiger partial charge is 0.491 e. The molecule has 14 nitrogen and oxygen atoms in total. The van der Waals surface area contributed by atoms with Crippen LogP contribution in [0.4, 0.5) is 0 Å². The number of amides is 3. The molecule has 57 heavy (non-hydrogen) atoms. The number of aromatic nitrogens is 3. The summed E-state index contributed by atoms with van der Waals surface area (Å²) in [5.41, 5.74) is 5.59. The average Bonchev–Trinajstić information content (AvgIpc) is 3.65. The lowest BCUT2D eigenvalue weighted by molar-refractivity contribution is -0.125. The molecule has 0 saturated carbocycles. The second-order valence-corrected chi connectivity index (χ2v) is 14.5. The summed E-state index contributed by atoms with van der Waals surface area (Å²) >= 11 is 0. The minimum absolute atomic E-state index is 0.236. The van der Waals surface area contributed by atoms with Crippen molar-refractivity contribution >= 4 is 39.5 Å². The molecule has 6 heterocycles. The number of nitrogens with one attached hydrogen (secondary N) is 1. The molecule has 0 spiro atoms. The van der Waals surface area contributed by atoms with Crippen LogP contribution in [0.5, 0.6) is 11.6 Å². The SMILES string of the molecule is C=C1CCC(N2C(=O)c3ccc(OCCOCCOCCN4CCN(CCOc5ccc(-c6ccc7c8cnccc8n(C)c7c6)cn5)CC4)cc3C2=O)C(=O)N1. The van der Waals surface area contributed by atoms with Crippen molar-refractivity contribution in [1.82, 2.24) is 34.6 Å². The van der Waals surface area contributed by atoms with E-state index in [0.29, 0.717) is 63.2 Å². The van der Waals surface area contributed by atoms with Crippen LogP contribution in [0.15, 0.2) is 85.5 Å². The summed E-state index contributed by atoms with van der Waals surface area (Å²) in [4.78, 5) is 53.2. The zero-order valence-corrected chi connectivity index (χ0v) is 32.2. The number of hydrogen-bond acceptors (Lipinski definition) is 11. The Labute approximate surface area is 330 Å². The van der Waals surface area contributed by atoms with E-state index in [0.717, 1.165) is 60.7 Å².